The number of halogens is 2. The molecule has 1 aliphatic heterocycles. The number of aromatic nitrogens is 2. The molecule has 0 radical (unpaired) electrons. The third-order valence-electron chi connectivity index (χ3n) is 4.42. The van der Waals surface area contributed by atoms with Gasteiger partial charge in [0.05, 0.1) is 10.7 Å². The first-order chi connectivity index (χ1) is 11.7. The smallest absolute Gasteiger partial charge is 0.137 e. The lowest BCUT2D eigenvalue weighted by Crippen LogP contribution is -2.45. The number of benzene rings is 1. The Kier molecular flexibility index (Phi) is 4.22. The van der Waals surface area contributed by atoms with E-state index in [1.54, 1.807) is 12.1 Å². The molecule has 1 aliphatic rings. The molecular formula is C18H18ClFN4. The summed E-state index contributed by atoms with van der Waals surface area (Å²) >= 11 is 6.04. The lowest BCUT2D eigenvalue weighted by molar-refractivity contribution is 0.152. The number of nitrogens with zero attached hydrogens (tertiary/aromatic N) is 3. The SMILES string of the molecule is Fc1cccc(C2CNCCN2Cc2cn3cc(Cl)ccc3n2)c1. The quantitative estimate of drug-likeness (QED) is 0.791. The number of pyridine rings is 1. The van der Waals surface area contributed by atoms with Gasteiger partial charge in [0.25, 0.3) is 0 Å². The maximum absolute atomic E-state index is 13.6. The lowest BCUT2D eigenvalue weighted by atomic mass is 10.0. The van der Waals surface area contributed by atoms with Crippen molar-refractivity contribution < 1.29 is 4.39 Å². The van der Waals surface area contributed by atoms with Gasteiger partial charge >= 0.3 is 0 Å². The van der Waals surface area contributed by atoms with Gasteiger partial charge in [0, 0.05) is 44.6 Å². The third-order valence-corrected chi connectivity index (χ3v) is 4.64. The minimum atomic E-state index is -0.194. The van der Waals surface area contributed by atoms with E-state index in [0.717, 1.165) is 43.1 Å². The summed E-state index contributed by atoms with van der Waals surface area (Å²) in [6.07, 6.45) is 3.86. The highest BCUT2D eigenvalue weighted by molar-refractivity contribution is 6.30. The maximum Gasteiger partial charge on any atom is 0.137 e. The Morgan fingerprint density at radius 1 is 1.25 bits per heavy atom. The second-order valence-corrected chi connectivity index (χ2v) is 6.53. The number of hydrogen-bond acceptors (Lipinski definition) is 3. The zero-order valence-electron chi connectivity index (χ0n) is 13.1. The van der Waals surface area contributed by atoms with E-state index in [-0.39, 0.29) is 11.9 Å². The Labute approximate surface area is 144 Å². The average Bonchev–Trinajstić information content (AvgIpc) is 2.96. The van der Waals surface area contributed by atoms with Crippen LogP contribution in [0, 0.1) is 5.82 Å². The Bertz CT molecular complexity index is 863. The first kappa shape index (κ1) is 15.6. The highest BCUT2D eigenvalue weighted by atomic mass is 35.5. The van der Waals surface area contributed by atoms with Crippen LogP contribution >= 0.6 is 11.6 Å². The van der Waals surface area contributed by atoms with Crippen molar-refractivity contribution in [2.75, 3.05) is 19.6 Å². The van der Waals surface area contributed by atoms with Gasteiger partial charge in [-0.25, -0.2) is 9.37 Å². The van der Waals surface area contributed by atoms with Crippen molar-refractivity contribution in [2.45, 2.75) is 12.6 Å². The molecule has 1 atom stereocenters. The molecule has 2 aromatic heterocycles. The van der Waals surface area contributed by atoms with Crippen molar-refractivity contribution in [1.82, 2.24) is 19.6 Å². The number of hydrogen-bond donors (Lipinski definition) is 1. The molecule has 3 heterocycles. The van der Waals surface area contributed by atoms with Crippen LogP contribution in [0.1, 0.15) is 17.3 Å². The molecule has 0 saturated carbocycles. The van der Waals surface area contributed by atoms with Crippen LogP contribution in [-0.2, 0) is 6.54 Å². The van der Waals surface area contributed by atoms with Gasteiger partial charge in [-0.05, 0) is 29.8 Å². The fourth-order valence-electron chi connectivity index (χ4n) is 3.28. The molecule has 1 fully saturated rings. The Hall–Kier alpha value is -1.95. The van der Waals surface area contributed by atoms with E-state index in [1.807, 2.05) is 35.0 Å². The topological polar surface area (TPSA) is 32.6 Å². The number of piperazine rings is 1. The highest BCUT2D eigenvalue weighted by Gasteiger charge is 2.24. The van der Waals surface area contributed by atoms with Crippen molar-refractivity contribution in [3.05, 3.63) is 70.9 Å². The van der Waals surface area contributed by atoms with Gasteiger partial charge in [-0.1, -0.05) is 23.7 Å². The maximum atomic E-state index is 13.6. The molecule has 24 heavy (non-hydrogen) atoms. The Balaban J connectivity index is 1.60. The predicted molar refractivity (Wildman–Crippen MR) is 92.6 cm³/mol. The van der Waals surface area contributed by atoms with Crippen LogP contribution in [-0.4, -0.2) is 33.9 Å². The Morgan fingerprint density at radius 3 is 3.04 bits per heavy atom. The van der Waals surface area contributed by atoms with E-state index < -0.39 is 0 Å². The first-order valence-corrected chi connectivity index (χ1v) is 8.40. The number of rotatable bonds is 3. The molecule has 6 heteroatoms. The van der Waals surface area contributed by atoms with E-state index in [4.69, 9.17) is 11.6 Å². The molecule has 3 aromatic rings. The second kappa shape index (κ2) is 6.51. The first-order valence-electron chi connectivity index (χ1n) is 8.02. The molecule has 0 amide bonds. The summed E-state index contributed by atoms with van der Waals surface area (Å²) in [5.41, 5.74) is 2.86. The summed E-state index contributed by atoms with van der Waals surface area (Å²) in [5, 5.41) is 4.08. The molecule has 1 saturated heterocycles. The summed E-state index contributed by atoms with van der Waals surface area (Å²) in [7, 11) is 0. The van der Waals surface area contributed by atoms with Crippen molar-refractivity contribution in [2.24, 2.45) is 0 Å². The zero-order chi connectivity index (χ0) is 16.5. The average molecular weight is 345 g/mol. The van der Waals surface area contributed by atoms with E-state index in [0.29, 0.717) is 5.02 Å². The minimum absolute atomic E-state index is 0.142. The number of nitrogens with one attached hydrogen (secondary N) is 1. The molecule has 0 spiro atoms. The summed E-state index contributed by atoms with van der Waals surface area (Å²) in [6.45, 7) is 3.35. The van der Waals surface area contributed by atoms with Gasteiger partial charge in [0.1, 0.15) is 11.5 Å². The van der Waals surface area contributed by atoms with E-state index >= 15 is 0 Å². The van der Waals surface area contributed by atoms with Crippen molar-refractivity contribution in [3.8, 4) is 0 Å². The fraction of sp³-hybridized carbons (Fsp3) is 0.278. The fourth-order valence-corrected chi connectivity index (χ4v) is 3.45. The van der Waals surface area contributed by atoms with Crippen LogP contribution in [0.5, 0.6) is 0 Å². The summed E-state index contributed by atoms with van der Waals surface area (Å²) < 4.78 is 15.5. The second-order valence-electron chi connectivity index (χ2n) is 6.09. The molecule has 1 N–H and O–H groups in total. The Morgan fingerprint density at radius 2 is 2.17 bits per heavy atom. The molecule has 0 aliphatic carbocycles. The molecule has 4 nitrogen and oxygen atoms in total. The summed E-state index contributed by atoms with van der Waals surface area (Å²) in [5.74, 6) is -0.194. The largest absolute Gasteiger partial charge is 0.314 e. The highest BCUT2D eigenvalue weighted by Crippen LogP contribution is 2.25. The summed E-state index contributed by atoms with van der Waals surface area (Å²) in [4.78, 5) is 7.00. The van der Waals surface area contributed by atoms with E-state index in [9.17, 15) is 4.39 Å². The lowest BCUT2D eigenvalue weighted by Gasteiger charge is -2.36. The normalized spacial score (nSPS) is 19.0. The molecular weight excluding hydrogens is 327 g/mol. The van der Waals surface area contributed by atoms with Gasteiger partial charge in [0.15, 0.2) is 0 Å². The zero-order valence-corrected chi connectivity index (χ0v) is 13.9. The van der Waals surface area contributed by atoms with Crippen molar-refractivity contribution >= 4 is 17.2 Å². The summed E-state index contributed by atoms with van der Waals surface area (Å²) in [6, 6.07) is 10.7. The van der Waals surface area contributed by atoms with Gasteiger partial charge in [-0.15, -0.1) is 0 Å². The van der Waals surface area contributed by atoms with Gasteiger partial charge < -0.3 is 9.72 Å². The monoisotopic (exact) mass is 344 g/mol. The van der Waals surface area contributed by atoms with Crippen LogP contribution in [0.4, 0.5) is 4.39 Å². The van der Waals surface area contributed by atoms with E-state index in [1.165, 1.54) is 6.07 Å². The standard InChI is InChI=1S/C18H18ClFN4/c19-14-4-5-18-22-16(12-24(18)10-14)11-23-7-6-21-9-17(23)13-2-1-3-15(20)8-13/h1-5,8,10,12,17,21H,6-7,9,11H2. The van der Waals surface area contributed by atoms with Gasteiger partial charge in [-0.2, -0.15) is 0 Å². The van der Waals surface area contributed by atoms with Crippen molar-refractivity contribution in [3.63, 3.8) is 0 Å². The van der Waals surface area contributed by atoms with Crippen LogP contribution in [0.25, 0.3) is 5.65 Å². The van der Waals surface area contributed by atoms with E-state index in [2.05, 4.69) is 15.2 Å². The minimum Gasteiger partial charge on any atom is -0.314 e. The third kappa shape index (κ3) is 3.15. The molecule has 1 aromatic carbocycles. The van der Waals surface area contributed by atoms with Crippen molar-refractivity contribution in [1.29, 1.82) is 0 Å². The van der Waals surface area contributed by atoms with Crippen LogP contribution in [0.15, 0.2) is 48.8 Å². The van der Waals surface area contributed by atoms with Gasteiger partial charge in [0.2, 0.25) is 0 Å². The van der Waals surface area contributed by atoms with Gasteiger partial charge in [-0.3, -0.25) is 4.90 Å². The molecule has 1 unspecified atom stereocenters. The van der Waals surface area contributed by atoms with Crippen LogP contribution in [0.2, 0.25) is 5.02 Å². The number of imidazole rings is 1. The van der Waals surface area contributed by atoms with Crippen LogP contribution in [0.3, 0.4) is 0 Å². The molecule has 4 rings (SSSR count). The molecule has 0 bridgehead atoms. The predicted octanol–water partition coefficient (Wildman–Crippen LogP) is 3.27. The number of fused-ring (bicyclic) bond motifs is 1. The molecule has 124 valence electrons. The van der Waals surface area contributed by atoms with Crippen LogP contribution < -0.4 is 5.32 Å².